The van der Waals surface area contributed by atoms with E-state index in [0.29, 0.717) is 5.69 Å². The summed E-state index contributed by atoms with van der Waals surface area (Å²) in [6, 6.07) is 10.4. The van der Waals surface area contributed by atoms with Crippen molar-refractivity contribution in [2.45, 2.75) is 6.92 Å². The van der Waals surface area contributed by atoms with Crippen LogP contribution < -0.4 is 10.9 Å². The van der Waals surface area contributed by atoms with E-state index in [1.807, 2.05) is 19.1 Å². The fraction of sp³-hybridized carbons (Fsp3) is 0.154. The maximum atomic E-state index is 11.4. The Bertz CT molecular complexity index is 602. The number of H-pyrrole nitrogens is 1. The minimum absolute atomic E-state index is 0.0718. The fourth-order valence-electron chi connectivity index (χ4n) is 1.51. The molecular weight excluding hydrogens is 262 g/mol. The van der Waals surface area contributed by atoms with Gasteiger partial charge in [0, 0.05) is 17.3 Å². The van der Waals surface area contributed by atoms with Crippen LogP contribution in [0, 0.1) is 0 Å². The highest BCUT2D eigenvalue weighted by Crippen LogP contribution is 2.19. The molecule has 0 unspecified atom stereocenters. The maximum absolute atomic E-state index is 11.4. The van der Waals surface area contributed by atoms with Gasteiger partial charge in [-0.1, -0.05) is 30.8 Å². The molecule has 1 amide bonds. The average Bonchev–Trinajstić information content (AvgIpc) is 2.41. The predicted molar refractivity (Wildman–Crippen MR) is 77.4 cm³/mol. The van der Waals surface area contributed by atoms with E-state index in [4.69, 9.17) is 0 Å². The summed E-state index contributed by atoms with van der Waals surface area (Å²) in [5, 5.41) is 9.03. The number of aromatic nitrogens is 2. The molecular formula is C13H13N3O2S. The molecule has 2 N–H and O–H groups in total. The number of anilines is 1. The Labute approximate surface area is 114 Å². The molecule has 0 spiro atoms. The Balaban J connectivity index is 2.12. The standard InChI is InChI=1S/C13H13N3O2S/c1-2-19-13(18)14-10-5-3-9(4-6-10)11-7-8-12(17)16-15-11/h3-8H,2H2,1H3,(H,14,18)(H,16,17). The maximum Gasteiger partial charge on any atom is 0.283 e. The van der Waals surface area contributed by atoms with Crippen molar-refractivity contribution in [3.8, 4) is 11.3 Å². The van der Waals surface area contributed by atoms with E-state index in [2.05, 4.69) is 15.5 Å². The van der Waals surface area contributed by atoms with Crippen molar-refractivity contribution in [2.24, 2.45) is 0 Å². The molecule has 0 radical (unpaired) electrons. The molecule has 19 heavy (non-hydrogen) atoms. The number of thioether (sulfide) groups is 1. The number of hydrogen-bond acceptors (Lipinski definition) is 4. The highest BCUT2D eigenvalue weighted by molar-refractivity contribution is 8.13. The number of benzene rings is 1. The van der Waals surface area contributed by atoms with Gasteiger partial charge in [0.05, 0.1) is 5.69 Å². The van der Waals surface area contributed by atoms with Gasteiger partial charge in [0.25, 0.3) is 10.8 Å². The van der Waals surface area contributed by atoms with E-state index in [-0.39, 0.29) is 10.8 Å². The van der Waals surface area contributed by atoms with E-state index in [1.165, 1.54) is 17.8 Å². The van der Waals surface area contributed by atoms with Gasteiger partial charge in [-0.05, 0) is 24.0 Å². The summed E-state index contributed by atoms with van der Waals surface area (Å²) in [4.78, 5) is 22.3. The van der Waals surface area contributed by atoms with Crippen LogP contribution in [0.25, 0.3) is 11.3 Å². The second-order valence-corrected chi connectivity index (χ2v) is 4.97. The normalized spacial score (nSPS) is 10.2. The van der Waals surface area contributed by atoms with Crippen molar-refractivity contribution in [3.05, 3.63) is 46.8 Å². The molecule has 0 fully saturated rings. The lowest BCUT2D eigenvalue weighted by Crippen LogP contribution is -2.06. The summed E-state index contributed by atoms with van der Waals surface area (Å²) in [5.74, 6) is 0.741. The lowest BCUT2D eigenvalue weighted by molar-refractivity contribution is 0.270. The first-order chi connectivity index (χ1) is 9.19. The molecule has 98 valence electrons. The third-order valence-corrected chi connectivity index (χ3v) is 3.03. The van der Waals surface area contributed by atoms with Crippen LogP contribution in [0.1, 0.15) is 6.92 Å². The largest absolute Gasteiger partial charge is 0.317 e. The molecule has 2 aromatic rings. The van der Waals surface area contributed by atoms with Crippen molar-refractivity contribution >= 4 is 22.7 Å². The van der Waals surface area contributed by atoms with Crippen LogP contribution in [0.5, 0.6) is 0 Å². The summed E-state index contributed by atoms with van der Waals surface area (Å²) in [6.45, 7) is 1.93. The van der Waals surface area contributed by atoms with Gasteiger partial charge >= 0.3 is 0 Å². The summed E-state index contributed by atoms with van der Waals surface area (Å²) in [6.07, 6.45) is 0. The Hall–Kier alpha value is -2.08. The molecule has 0 aliphatic heterocycles. The van der Waals surface area contributed by atoms with Crippen molar-refractivity contribution < 1.29 is 4.79 Å². The molecule has 1 heterocycles. The van der Waals surface area contributed by atoms with Crippen LogP contribution in [-0.2, 0) is 0 Å². The first-order valence-corrected chi connectivity index (χ1v) is 6.77. The zero-order valence-electron chi connectivity index (χ0n) is 10.3. The number of carbonyl (C=O) groups is 1. The van der Waals surface area contributed by atoms with Crippen molar-refractivity contribution in [1.29, 1.82) is 0 Å². The second-order valence-electron chi connectivity index (χ2n) is 3.73. The minimum atomic E-state index is -0.232. The van der Waals surface area contributed by atoms with Crippen molar-refractivity contribution in [3.63, 3.8) is 0 Å². The highest BCUT2D eigenvalue weighted by atomic mass is 32.2. The summed E-state index contributed by atoms with van der Waals surface area (Å²) in [7, 11) is 0. The van der Waals surface area contributed by atoms with Gasteiger partial charge in [0.1, 0.15) is 0 Å². The number of nitrogens with zero attached hydrogens (tertiary/aromatic N) is 1. The average molecular weight is 275 g/mol. The molecule has 0 bridgehead atoms. The molecule has 0 aliphatic rings. The molecule has 0 atom stereocenters. The van der Waals surface area contributed by atoms with Gasteiger partial charge in [-0.3, -0.25) is 9.59 Å². The Morgan fingerprint density at radius 1 is 1.26 bits per heavy atom. The van der Waals surface area contributed by atoms with Crippen LogP contribution >= 0.6 is 11.8 Å². The van der Waals surface area contributed by atoms with Crippen LogP contribution in [0.2, 0.25) is 0 Å². The van der Waals surface area contributed by atoms with Gasteiger partial charge in [0.15, 0.2) is 0 Å². The first kappa shape index (κ1) is 13.4. The SMILES string of the molecule is CCSC(=O)Nc1ccc(-c2ccc(=O)[nH]n2)cc1. The van der Waals surface area contributed by atoms with Crippen molar-refractivity contribution in [2.75, 3.05) is 11.1 Å². The van der Waals surface area contributed by atoms with Crippen LogP contribution in [0.4, 0.5) is 10.5 Å². The van der Waals surface area contributed by atoms with Gasteiger partial charge in [0.2, 0.25) is 0 Å². The monoisotopic (exact) mass is 275 g/mol. The number of amides is 1. The van der Waals surface area contributed by atoms with E-state index in [0.717, 1.165) is 17.0 Å². The molecule has 5 nitrogen and oxygen atoms in total. The van der Waals surface area contributed by atoms with Crippen LogP contribution in [0.15, 0.2) is 41.2 Å². The lowest BCUT2D eigenvalue weighted by Gasteiger charge is -2.05. The summed E-state index contributed by atoms with van der Waals surface area (Å²) < 4.78 is 0. The molecule has 0 saturated carbocycles. The van der Waals surface area contributed by atoms with E-state index < -0.39 is 0 Å². The summed E-state index contributed by atoms with van der Waals surface area (Å²) in [5.41, 5.74) is 2.06. The fourth-order valence-corrected chi connectivity index (χ4v) is 1.97. The van der Waals surface area contributed by atoms with E-state index in [1.54, 1.807) is 18.2 Å². The molecule has 1 aromatic heterocycles. The smallest absolute Gasteiger partial charge is 0.283 e. The molecule has 2 rings (SSSR count). The minimum Gasteiger partial charge on any atom is -0.317 e. The third kappa shape index (κ3) is 3.69. The van der Waals surface area contributed by atoms with Gasteiger partial charge < -0.3 is 5.32 Å². The van der Waals surface area contributed by atoms with Crippen molar-refractivity contribution in [1.82, 2.24) is 10.2 Å². The third-order valence-electron chi connectivity index (χ3n) is 2.38. The van der Waals surface area contributed by atoms with Crippen LogP contribution in [-0.4, -0.2) is 21.2 Å². The number of aromatic amines is 1. The second kappa shape index (κ2) is 6.19. The highest BCUT2D eigenvalue weighted by Gasteiger charge is 2.03. The van der Waals surface area contributed by atoms with E-state index in [9.17, 15) is 9.59 Å². The van der Waals surface area contributed by atoms with Crippen LogP contribution in [0.3, 0.4) is 0 Å². The molecule has 0 saturated heterocycles. The number of rotatable bonds is 3. The molecule has 0 aliphatic carbocycles. The first-order valence-electron chi connectivity index (χ1n) is 5.79. The Morgan fingerprint density at radius 3 is 2.58 bits per heavy atom. The Kier molecular flexibility index (Phi) is 4.35. The topological polar surface area (TPSA) is 74.8 Å². The predicted octanol–water partition coefficient (Wildman–Crippen LogP) is 2.72. The number of hydrogen-bond donors (Lipinski definition) is 2. The van der Waals surface area contributed by atoms with Gasteiger partial charge in [-0.15, -0.1) is 0 Å². The zero-order valence-corrected chi connectivity index (χ0v) is 11.2. The Morgan fingerprint density at radius 2 is 2.00 bits per heavy atom. The lowest BCUT2D eigenvalue weighted by atomic mass is 10.1. The number of nitrogens with one attached hydrogen (secondary N) is 2. The zero-order chi connectivity index (χ0) is 13.7. The van der Waals surface area contributed by atoms with E-state index >= 15 is 0 Å². The quantitative estimate of drug-likeness (QED) is 0.903. The summed E-state index contributed by atoms with van der Waals surface area (Å²) >= 11 is 1.23. The molecule has 1 aromatic carbocycles. The van der Waals surface area contributed by atoms with Gasteiger partial charge in [-0.2, -0.15) is 5.10 Å². The van der Waals surface area contributed by atoms with Gasteiger partial charge in [-0.25, -0.2) is 5.10 Å². The molecule has 6 heteroatoms. The number of carbonyl (C=O) groups excluding carboxylic acids is 1.